The van der Waals surface area contributed by atoms with Crippen molar-refractivity contribution < 1.29 is 10.2 Å². The van der Waals surface area contributed by atoms with Crippen LogP contribution in [0.1, 0.15) is 12.5 Å². The molecule has 3 atom stereocenters. The molecule has 1 aliphatic rings. The molecule has 0 radical (unpaired) electrons. The predicted molar refractivity (Wildman–Crippen MR) is 64.5 cm³/mol. The molecule has 0 bridgehead atoms. The molecule has 18 heavy (non-hydrogen) atoms. The molecule has 0 unspecified atom stereocenters. The lowest BCUT2D eigenvalue weighted by Crippen LogP contribution is -2.30. The highest BCUT2D eigenvalue weighted by atomic mass is 16.3. The van der Waals surface area contributed by atoms with E-state index >= 15 is 0 Å². The number of aliphatic hydroxyl groups excluding tert-OH is 2. The predicted octanol–water partition coefficient (Wildman–Crippen LogP) is -0.369. The van der Waals surface area contributed by atoms with Gasteiger partial charge in [-0.3, -0.25) is 0 Å². The number of imidazole rings is 1. The lowest BCUT2D eigenvalue weighted by molar-refractivity contribution is 0.0303. The average Bonchev–Trinajstić information content (AvgIpc) is 2.78. The van der Waals surface area contributed by atoms with Gasteiger partial charge in [-0.1, -0.05) is 12.2 Å². The fourth-order valence-electron chi connectivity index (χ4n) is 2.15. The van der Waals surface area contributed by atoms with Gasteiger partial charge in [-0.25, -0.2) is 15.0 Å². The summed E-state index contributed by atoms with van der Waals surface area (Å²) in [6.07, 6.45) is 5.23. The van der Waals surface area contributed by atoms with E-state index < -0.39 is 12.2 Å². The second-order valence-corrected chi connectivity index (χ2v) is 4.33. The van der Waals surface area contributed by atoms with Crippen molar-refractivity contribution in [3.8, 4) is 0 Å². The molecule has 0 fully saturated rings. The van der Waals surface area contributed by atoms with E-state index in [0.717, 1.165) is 0 Å². The van der Waals surface area contributed by atoms with E-state index in [-0.39, 0.29) is 6.04 Å². The average molecular weight is 247 g/mol. The van der Waals surface area contributed by atoms with Gasteiger partial charge in [0.1, 0.15) is 11.8 Å². The van der Waals surface area contributed by atoms with Gasteiger partial charge in [-0.2, -0.15) is 0 Å². The van der Waals surface area contributed by atoms with Crippen molar-refractivity contribution in [2.75, 3.05) is 5.73 Å². The molecule has 1 aliphatic carbocycles. The van der Waals surface area contributed by atoms with Crippen molar-refractivity contribution in [3.63, 3.8) is 0 Å². The quantitative estimate of drug-likeness (QED) is 0.593. The maximum atomic E-state index is 9.68. The first kappa shape index (κ1) is 11.1. The topological polar surface area (TPSA) is 110 Å². The number of allylic oxidation sites excluding steroid dienone is 1. The molecular formula is C11H13N5O2. The summed E-state index contributed by atoms with van der Waals surface area (Å²) in [6.45, 7) is 0. The number of nitrogens with zero attached hydrogens (tertiary/aromatic N) is 4. The Kier molecular flexibility index (Phi) is 2.49. The van der Waals surface area contributed by atoms with Gasteiger partial charge in [0.2, 0.25) is 0 Å². The van der Waals surface area contributed by atoms with Crippen LogP contribution >= 0.6 is 0 Å². The largest absolute Gasteiger partial charge is 0.390 e. The Bertz CT molecular complexity index is 608. The van der Waals surface area contributed by atoms with Crippen LogP contribution in [-0.2, 0) is 0 Å². The molecule has 94 valence electrons. The van der Waals surface area contributed by atoms with Gasteiger partial charge in [0.05, 0.1) is 24.6 Å². The summed E-state index contributed by atoms with van der Waals surface area (Å²) in [6, 6.07) is -0.0947. The van der Waals surface area contributed by atoms with Crippen molar-refractivity contribution in [3.05, 3.63) is 24.8 Å². The van der Waals surface area contributed by atoms with Crippen molar-refractivity contribution in [2.45, 2.75) is 24.7 Å². The number of aromatic nitrogens is 4. The fourth-order valence-corrected chi connectivity index (χ4v) is 2.15. The highest BCUT2D eigenvalue weighted by molar-refractivity contribution is 5.81. The molecule has 7 heteroatoms. The summed E-state index contributed by atoms with van der Waals surface area (Å²) in [5, 5.41) is 19.1. The maximum Gasteiger partial charge on any atom is 0.165 e. The number of nitrogens with two attached hydrogens (primary N) is 1. The van der Waals surface area contributed by atoms with Gasteiger partial charge in [-0.05, 0) is 0 Å². The molecule has 2 heterocycles. The van der Waals surface area contributed by atoms with Gasteiger partial charge in [-0.15, -0.1) is 0 Å². The third kappa shape index (κ3) is 1.64. The Morgan fingerprint density at radius 2 is 2.06 bits per heavy atom. The van der Waals surface area contributed by atoms with Crippen LogP contribution in [0.15, 0.2) is 24.8 Å². The van der Waals surface area contributed by atoms with Crippen LogP contribution in [0.5, 0.6) is 0 Å². The van der Waals surface area contributed by atoms with Crippen molar-refractivity contribution in [2.24, 2.45) is 0 Å². The Morgan fingerprint density at radius 3 is 2.83 bits per heavy atom. The molecule has 0 saturated heterocycles. The minimum absolute atomic E-state index is 0.0947. The van der Waals surface area contributed by atoms with Crippen LogP contribution in [0.3, 0.4) is 0 Å². The van der Waals surface area contributed by atoms with Crippen molar-refractivity contribution in [1.82, 2.24) is 19.5 Å². The van der Waals surface area contributed by atoms with Gasteiger partial charge in [0.25, 0.3) is 0 Å². The van der Waals surface area contributed by atoms with E-state index in [2.05, 4.69) is 15.0 Å². The molecule has 0 spiro atoms. The zero-order valence-corrected chi connectivity index (χ0v) is 9.51. The van der Waals surface area contributed by atoms with Crippen LogP contribution in [0.2, 0.25) is 0 Å². The minimum atomic E-state index is -0.810. The SMILES string of the molecule is Nc1ncnc2c1ncn2[C@H]1C=C[C@H](O)[C@H](O)C1. The summed E-state index contributed by atoms with van der Waals surface area (Å²) >= 11 is 0. The van der Waals surface area contributed by atoms with E-state index in [4.69, 9.17) is 5.73 Å². The third-order valence-corrected chi connectivity index (χ3v) is 3.15. The molecule has 0 amide bonds. The number of hydrogen-bond acceptors (Lipinski definition) is 6. The number of anilines is 1. The highest BCUT2D eigenvalue weighted by Gasteiger charge is 2.25. The Morgan fingerprint density at radius 1 is 1.22 bits per heavy atom. The van der Waals surface area contributed by atoms with Crippen LogP contribution in [-0.4, -0.2) is 41.9 Å². The molecule has 4 N–H and O–H groups in total. The summed E-state index contributed by atoms with van der Waals surface area (Å²) in [4.78, 5) is 12.2. The lowest BCUT2D eigenvalue weighted by atomic mass is 9.97. The first-order chi connectivity index (χ1) is 8.66. The molecule has 0 saturated carbocycles. The van der Waals surface area contributed by atoms with Crippen LogP contribution in [0.4, 0.5) is 5.82 Å². The number of nitrogen functional groups attached to an aromatic ring is 1. The first-order valence-corrected chi connectivity index (χ1v) is 5.64. The van der Waals surface area contributed by atoms with Gasteiger partial charge in [0.15, 0.2) is 11.5 Å². The molecule has 7 nitrogen and oxygen atoms in total. The van der Waals surface area contributed by atoms with E-state index in [9.17, 15) is 10.2 Å². The Balaban J connectivity index is 2.05. The van der Waals surface area contributed by atoms with Crippen LogP contribution < -0.4 is 5.73 Å². The molecule has 3 rings (SSSR count). The molecular weight excluding hydrogens is 234 g/mol. The number of rotatable bonds is 1. The van der Waals surface area contributed by atoms with Crippen molar-refractivity contribution >= 4 is 17.0 Å². The zero-order chi connectivity index (χ0) is 12.7. The second kappa shape index (κ2) is 4.04. The minimum Gasteiger partial charge on any atom is -0.390 e. The normalized spacial score (nSPS) is 27.8. The molecule has 2 aromatic rings. The monoisotopic (exact) mass is 247 g/mol. The summed E-state index contributed by atoms with van der Waals surface area (Å²) in [5.41, 5.74) is 6.89. The van der Waals surface area contributed by atoms with Crippen LogP contribution in [0, 0.1) is 0 Å². The maximum absolute atomic E-state index is 9.68. The van der Waals surface area contributed by atoms with E-state index in [1.54, 1.807) is 12.4 Å². The van der Waals surface area contributed by atoms with Gasteiger partial charge < -0.3 is 20.5 Å². The Hall–Kier alpha value is -1.99. The lowest BCUT2D eigenvalue weighted by Gasteiger charge is -2.25. The Labute approximate surface area is 103 Å². The van der Waals surface area contributed by atoms with Crippen molar-refractivity contribution in [1.29, 1.82) is 0 Å². The van der Waals surface area contributed by atoms with E-state index in [1.165, 1.54) is 6.33 Å². The van der Waals surface area contributed by atoms with Gasteiger partial charge >= 0.3 is 0 Å². The first-order valence-electron chi connectivity index (χ1n) is 5.64. The fraction of sp³-hybridized carbons (Fsp3) is 0.364. The van der Waals surface area contributed by atoms with E-state index in [1.807, 2.05) is 10.6 Å². The number of hydrogen-bond donors (Lipinski definition) is 3. The number of fused-ring (bicyclic) bond motifs is 1. The molecule has 0 aromatic carbocycles. The second-order valence-electron chi connectivity index (χ2n) is 4.33. The van der Waals surface area contributed by atoms with Gasteiger partial charge in [0, 0.05) is 6.42 Å². The summed E-state index contributed by atoms with van der Waals surface area (Å²) < 4.78 is 1.82. The van der Waals surface area contributed by atoms with Crippen LogP contribution in [0.25, 0.3) is 11.2 Å². The third-order valence-electron chi connectivity index (χ3n) is 3.15. The summed E-state index contributed by atoms with van der Waals surface area (Å²) in [5.74, 6) is 0.333. The summed E-state index contributed by atoms with van der Waals surface area (Å²) in [7, 11) is 0. The number of aliphatic hydroxyl groups is 2. The standard InChI is InChI=1S/C11H13N5O2/c12-10-9-11(14-4-13-10)16(5-15-9)6-1-2-7(17)8(18)3-6/h1-2,4-8,17-18H,3H2,(H2,12,13,14)/t6-,7-,8+/m0/s1. The molecule has 0 aliphatic heterocycles. The smallest absolute Gasteiger partial charge is 0.165 e. The molecule has 2 aromatic heterocycles. The highest BCUT2D eigenvalue weighted by Crippen LogP contribution is 2.26. The zero-order valence-electron chi connectivity index (χ0n) is 9.51. The van der Waals surface area contributed by atoms with E-state index in [0.29, 0.717) is 23.4 Å².